The molecule has 2 heterocycles. The second kappa shape index (κ2) is 10.8. The molecule has 166 valence electrons. The van der Waals surface area contributed by atoms with E-state index in [1.165, 1.54) is 28.6 Å². The molecular weight excluding hydrogens is 682 g/mol. The quantitative estimate of drug-likeness (QED) is 0.335. The zero-order valence-corrected chi connectivity index (χ0v) is 24.5. The molecule has 0 atom stereocenters. The van der Waals surface area contributed by atoms with Gasteiger partial charge in [-0.2, -0.15) is 0 Å². The van der Waals surface area contributed by atoms with Crippen LogP contribution in [0, 0.1) is 0 Å². The Balaban J connectivity index is 0.000000172. The van der Waals surface area contributed by atoms with Gasteiger partial charge in [-0.15, -0.1) is 22.7 Å². The average molecular weight is 707 g/mol. The molecule has 0 aromatic carbocycles. The molecule has 2 fully saturated rings. The van der Waals surface area contributed by atoms with E-state index in [1.807, 2.05) is 6.07 Å². The van der Waals surface area contributed by atoms with Gasteiger partial charge in [-0.3, -0.25) is 4.79 Å². The average Bonchev–Trinajstić information content (AvgIpc) is 3.24. The van der Waals surface area contributed by atoms with Crippen molar-refractivity contribution in [2.75, 3.05) is 0 Å². The van der Waals surface area contributed by atoms with Crippen LogP contribution in [0.2, 0.25) is 0 Å². The fraction of sp³-hybridized carbons (Fsp3) is 0.571. The minimum atomic E-state index is -0.682. The lowest BCUT2D eigenvalue weighted by Crippen LogP contribution is -2.38. The molecule has 0 bridgehead atoms. The van der Waals surface area contributed by atoms with Gasteiger partial charge in [-0.25, -0.2) is 0 Å². The largest absolute Gasteiger partial charge is 0.481 e. The molecule has 2 aliphatic rings. The highest BCUT2D eigenvalue weighted by atomic mass is 79.9. The molecule has 0 spiro atoms. The fourth-order valence-corrected chi connectivity index (χ4v) is 10.8. The Kier molecular flexibility index (Phi) is 9.12. The molecule has 2 aromatic rings. The fourth-order valence-electron chi connectivity index (χ4n) is 4.55. The Bertz CT molecular complexity index is 884. The monoisotopic (exact) mass is 703 g/mol. The van der Waals surface area contributed by atoms with Gasteiger partial charge < -0.3 is 10.8 Å². The Morgan fingerprint density at radius 2 is 1.23 bits per heavy atom. The summed E-state index contributed by atoms with van der Waals surface area (Å²) in [6.45, 7) is 0. The van der Waals surface area contributed by atoms with Crippen LogP contribution in [-0.4, -0.2) is 11.1 Å². The van der Waals surface area contributed by atoms with Crippen LogP contribution < -0.4 is 5.73 Å². The third-order valence-electron chi connectivity index (χ3n) is 6.23. The maximum absolute atomic E-state index is 11.6. The zero-order valence-electron chi connectivity index (χ0n) is 16.5. The van der Waals surface area contributed by atoms with E-state index in [1.54, 1.807) is 22.7 Å². The van der Waals surface area contributed by atoms with Crippen molar-refractivity contribution in [1.82, 2.24) is 0 Å². The van der Waals surface area contributed by atoms with Gasteiger partial charge in [0.2, 0.25) is 0 Å². The topological polar surface area (TPSA) is 63.3 Å². The summed E-state index contributed by atoms with van der Waals surface area (Å²) in [6, 6.07) is 4.12. The molecule has 3 N–H and O–H groups in total. The number of aliphatic carboxylic acids is 1. The highest BCUT2D eigenvalue weighted by Gasteiger charge is 2.43. The van der Waals surface area contributed by atoms with Crippen molar-refractivity contribution < 1.29 is 9.90 Å². The lowest BCUT2D eigenvalue weighted by molar-refractivity contribution is -0.145. The molecule has 0 amide bonds. The maximum Gasteiger partial charge on any atom is 0.314 e. The third kappa shape index (κ3) is 5.62. The van der Waals surface area contributed by atoms with Gasteiger partial charge in [0, 0.05) is 5.54 Å². The first-order valence-corrected chi connectivity index (χ1v) is 14.9. The molecule has 30 heavy (non-hydrogen) atoms. The lowest BCUT2D eigenvalue weighted by Gasteiger charge is -2.33. The van der Waals surface area contributed by atoms with Crippen molar-refractivity contribution in [2.45, 2.75) is 75.2 Å². The Labute approximate surface area is 219 Å². The molecule has 2 aromatic heterocycles. The van der Waals surface area contributed by atoms with Crippen LogP contribution in [0.1, 0.15) is 75.3 Å². The summed E-state index contributed by atoms with van der Waals surface area (Å²) in [6.07, 6.45) is 10.8. The molecular formula is C21H25Br4NO2S2. The first-order chi connectivity index (χ1) is 14.2. The van der Waals surface area contributed by atoms with Crippen molar-refractivity contribution in [3.63, 3.8) is 0 Å². The van der Waals surface area contributed by atoms with Gasteiger partial charge in [0.15, 0.2) is 0 Å². The van der Waals surface area contributed by atoms with Gasteiger partial charge in [0.05, 0.1) is 20.6 Å². The number of nitrogens with two attached hydrogens (primary N) is 1. The number of carboxylic acid groups (broad SMARTS) is 1. The summed E-state index contributed by atoms with van der Waals surface area (Å²) in [5.41, 5.74) is 7.93. The number of carbonyl (C=O) groups is 1. The number of rotatable bonds is 3. The molecule has 0 unspecified atom stereocenters. The molecule has 0 radical (unpaired) electrons. The van der Waals surface area contributed by atoms with Crippen LogP contribution in [0.3, 0.4) is 0 Å². The van der Waals surface area contributed by atoms with Crippen LogP contribution >= 0.6 is 86.4 Å². The number of thiophene rings is 2. The first kappa shape index (κ1) is 25.4. The minimum absolute atomic E-state index is 0.0837. The number of carboxylic acids is 1. The van der Waals surface area contributed by atoms with E-state index in [0.717, 1.165) is 61.9 Å². The van der Waals surface area contributed by atoms with Gasteiger partial charge in [0.1, 0.15) is 0 Å². The molecule has 0 aliphatic heterocycles. The second-order valence-corrected chi connectivity index (χ2v) is 15.6. The summed E-state index contributed by atoms with van der Waals surface area (Å²) in [5.74, 6) is -0.682. The molecule has 2 saturated carbocycles. The highest BCUT2D eigenvalue weighted by Crippen LogP contribution is 2.47. The highest BCUT2D eigenvalue weighted by molar-refractivity contribution is 9.12. The molecule has 2 aliphatic carbocycles. The summed E-state index contributed by atoms with van der Waals surface area (Å²) in [7, 11) is 0. The number of hydrogen-bond donors (Lipinski definition) is 2. The smallest absolute Gasteiger partial charge is 0.314 e. The van der Waals surface area contributed by atoms with Crippen molar-refractivity contribution in [1.29, 1.82) is 0 Å². The van der Waals surface area contributed by atoms with Gasteiger partial charge in [-0.1, -0.05) is 38.5 Å². The molecule has 4 rings (SSSR count). The van der Waals surface area contributed by atoms with Crippen LogP contribution in [0.25, 0.3) is 0 Å². The Morgan fingerprint density at radius 1 is 0.800 bits per heavy atom. The standard InChI is InChI=1S/C11H12Br2O2S.C10H13Br2NS/c12-8-6-7(9(13)16-8)11(10(14)15)4-2-1-3-5-11;11-8-6-7(9(12)14-8)10(13)4-2-1-3-5-10/h6H,1-5H2,(H,14,15);6H,1-5,13H2. The van der Waals surface area contributed by atoms with E-state index in [0.29, 0.717) is 0 Å². The van der Waals surface area contributed by atoms with E-state index in [9.17, 15) is 9.90 Å². The van der Waals surface area contributed by atoms with Crippen molar-refractivity contribution in [2.24, 2.45) is 5.73 Å². The molecule has 3 nitrogen and oxygen atoms in total. The van der Waals surface area contributed by atoms with Gasteiger partial charge in [-0.05, 0) is 113 Å². The second-order valence-electron chi connectivity index (χ2n) is 8.14. The first-order valence-electron chi connectivity index (χ1n) is 10.1. The van der Waals surface area contributed by atoms with Crippen LogP contribution in [0.15, 0.2) is 27.3 Å². The van der Waals surface area contributed by atoms with Gasteiger partial charge in [0.25, 0.3) is 0 Å². The summed E-state index contributed by atoms with van der Waals surface area (Å²) < 4.78 is 4.28. The maximum atomic E-state index is 11.6. The lowest BCUT2D eigenvalue weighted by atomic mass is 9.70. The summed E-state index contributed by atoms with van der Waals surface area (Å²) in [5, 5.41) is 9.54. The van der Waals surface area contributed by atoms with E-state index in [4.69, 9.17) is 5.73 Å². The predicted molar refractivity (Wildman–Crippen MR) is 141 cm³/mol. The predicted octanol–water partition coefficient (Wildman–Crippen LogP) is 8.95. The van der Waals surface area contributed by atoms with Crippen molar-refractivity contribution in [3.8, 4) is 0 Å². The van der Waals surface area contributed by atoms with Crippen LogP contribution in [0.4, 0.5) is 0 Å². The SMILES string of the molecule is NC1(c2cc(Br)sc2Br)CCCCC1.O=C(O)C1(c2cc(Br)sc2Br)CCCCC1. The van der Waals surface area contributed by atoms with Crippen molar-refractivity contribution in [3.05, 3.63) is 38.4 Å². The van der Waals surface area contributed by atoms with E-state index >= 15 is 0 Å². The third-order valence-corrected chi connectivity index (χ3v) is 10.9. The Morgan fingerprint density at radius 3 is 1.63 bits per heavy atom. The van der Waals surface area contributed by atoms with E-state index in [2.05, 4.69) is 69.8 Å². The summed E-state index contributed by atoms with van der Waals surface area (Å²) in [4.78, 5) is 11.6. The van der Waals surface area contributed by atoms with Crippen LogP contribution in [-0.2, 0) is 15.7 Å². The van der Waals surface area contributed by atoms with Gasteiger partial charge >= 0.3 is 5.97 Å². The normalized spacial score (nSPS) is 20.3. The van der Waals surface area contributed by atoms with E-state index < -0.39 is 11.4 Å². The summed E-state index contributed by atoms with van der Waals surface area (Å²) >= 11 is 17.3. The number of hydrogen-bond acceptors (Lipinski definition) is 4. The Hall–Kier alpha value is 0.750. The van der Waals surface area contributed by atoms with Crippen LogP contribution in [0.5, 0.6) is 0 Å². The minimum Gasteiger partial charge on any atom is -0.481 e. The number of halogens is 4. The molecule has 9 heteroatoms. The molecule has 0 saturated heterocycles. The van der Waals surface area contributed by atoms with E-state index in [-0.39, 0.29) is 5.54 Å². The van der Waals surface area contributed by atoms with Crippen molar-refractivity contribution >= 4 is 92.4 Å². The zero-order chi connectivity index (χ0) is 21.9.